The van der Waals surface area contributed by atoms with Gasteiger partial charge in [0.2, 0.25) is 0 Å². The fraction of sp³-hybridized carbons (Fsp3) is 0.962. The van der Waals surface area contributed by atoms with Crippen LogP contribution >= 0.6 is 0 Å². The molecule has 6 unspecified atom stereocenters. The van der Waals surface area contributed by atoms with Crippen LogP contribution in [0.2, 0.25) is 0 Å². The molecular weight excluding hydrogens is 849 g/mol. The van der Waals surface area contributed by atoms with Crippen LogP contribution in [0.4, 0.5) is 0 Å². The number of carbonyl (C=O) groups is 2. The average molecular weight is 949 g/mol. The van der Waals surface area contributed by atoms with Gasteiger partial charge in [-0.05, 0) is 12.8 Å². The zero-order valence-electron chi connectivity index (χ0n) is 41.6. The Bertz CT molecular complexity index is 1200. The van der Waals surface area contributed by atoms with E-state index in [9.17, 15) is 37.9 Å². The lowest BCUT2D eigenvalue weighted by molar-refractivity contribution is -0.297. The molecule has 0 radical (unpaired) electrons. The normalized spacial score (nSPS) is 19.4. The summed E-state index contributed by atoms with van der Waals surface area (Å²) in [5.41, 5.74) is 0. The van der Waals surface area contributed by atoms with Crippen molar-refractivity contribution in [1.29, 1.82) is 0 Å². The molecular formula is C52H100O12S. The van der Waals surface area contributed by atoms with Crippen molar-refractivity contribution >= 4 is 22.1 Å². The molecule has 1 aliphatic rings. The highest BCUT2D eigenvalue weighted by molar-refractivity contribution is 7.85. The fourth-order valence-corrected chi connectivity index (χ4v) is 9.43. The van der Waals surface area contributed by atoms with Crippen molar-refractivity contribution in [3.8, 4) is 0 Å². The Morgan fingerprint density at radius 2 is 0.785 bits per heavy atom. The smallest absolute Gasteiger partial charge is 0.306 e. The molecule has 1 heterocycles. The van der Waals surface area contributed by atoms with Crippen LogP contribution in [0.1, 0.15) is 264 Å². The highest BCUT2D eigenvalue weighted by Gasteiger charge is 2.46. The first-order valence-corrected chi connectivity index (χ1v) is 28.7. The molecule has 0 amide bonds. The summed E-state index contributed by atoms with van der Waals surface area (Å²) in [5.74, 6) is -1.95. The monoisotopic (exact) mass is 949 g/mol. The molecule has 0 spiro atoms. The van der Waals surface area contributed by atoms with Crippen molar-refractivity contribution in [3.05, 3.63) is 0 Å². The van der Waals surface area contributed by atoms with Gasteiger partial charge in [-0.25, -0.2) is 0 Å². The Labute approximate surface area is 397 Å². The van der Waals surface area contributed by atoms with Gasteiger partial charge in [0.15, 0.2) is 12.4 Å². The van der Waals surface area contributed by atoms with Crippen LogP contribution in [0.25, 0.3) is 0 Å². The quantitative estimate of drug-likeness (QED) is 0.0257. The molecule has 0 aromatic heterocycles. The summed E-state index contributed by atoms with van der Waals surface area (Å²) in [7, 11) is -4.60. The lowest BCUT2D eigenvalue weighted by Crippen LogP contribution is -2.60. The molecule has 0 aliphatic carbocycles. The second-order valence-electron chi connectivity index (χ2n) is 19.3. The van der Waals surface area contributed by atoms with Crippen molar-refractivity contribution in [2.75, 3.05) is 19.0 Å². The summed E-state index contributed by atoms with van der Waals surface area (Å²) < 4.78 is 54.3. The molecule has 1 fully saturated rings. The third-order valence-corrected chi connectivity index (χ3v) is 13.7. The number of unbranched alkanes of at least 4 members (excludes halogenated alkanes) is 35. The average Bonchev–Trinajstić information content (AvgIpc) is 3.27. The van der Waals surface area contributed by atoms with Crippen LogP contribution in [-0.4, -0.2) is 96.0 Å². The van der Waals surface area contributed by atoms with Gasteiger partial charge >= 0.3 is 11.9 Å². The van der Waals surface area contributed by atoms with Gasteiger partial charge in [-0.15, -0.1) is 0 Å². The van der Waals surface area contributed by atoms with E-state index in [1.807, 2.05) is 0 Å². The van der Waals surface area contributed by atoms with E-state index in [1.165, 1.54) is 186 Å². The maximum Gasteiger partial charge on any atom is 0.306 e. The van der Waals surface area contributed by atoms with Crippen LogP contribution < -0.4 is 0 Å². The largest absolute Gasteiger partial charge is 0.462 e. The topological polar surface area (TPSA) is 186 Å². The van der Waals surface area contributed by atoms with E-state index in [-0.39, 0.29) is 19.4 Å². The molecule has 0 aromatic rings. The predicted molar refractivity (Wildman–Crippen MR) is 261 cm³/mol. The Kier molecular flexibility index (Phi) is 40.5. The van der Waals surface area contributed by atoms with Gasteiger partial charge in [0.1, 0.15) is 36.8 Å². The first kappa shape index (κ1) is 61.7. The number of hydrogen-bond acceptors (Lipinski definition) is 11. The number of carbonyl (C=O) groups excluding carboxylic acids is 2. The molecule has 0 aromatic carbocycles. The molecule has 1 saturated heterocycles. The first-order chi connectivity index (χ1) is 31.5. The number of hydrogen-bond donors (Lipinski definition) is 4. The van der Waals surface area contributed by atoms with Gasteiger partial charge in [0.25, 0.3) is 10.1 Å². The van der Waals surface area contributed by atoms with E-state index < -0.39 is 71.2 Å². The summed E-state index contributed by atoms with van der Waals surface area (Å²) in [6.07, 6.45) is 37.1. The van der Waals surface area contributed by atoms with Gasteiger partial charge in [0, 0.05) is 12.8 Å². The molecule has 0 bridgehead atoms. The van der Waals surface area contributed by atoms with Gasteiger partial charge in [0.05, 0.1) is 6.61 Å². The number of ether oxygens (including phenoxy) is 4. The number of rotatable bonds is 47. The van der Waals surface area contributed by atoms with Crippen molar-refractivity contribution < 1.29 is 56.8 Å². The summed E-state index contributed by atoms with van der Waals surface area (Å²) in [5, 5.41) is 31.0. The van der Waals surface area contributed by atoms with Crippen LogP contribution in [-0.2, 0) is 38.7 Å². The highest BCUT2D eigenvalue weighted by atomic mass is 32.2. The van der Waals surface area contributed by atoms with Crippen LogP contribution in [0.3, 0.4) is 0 Å². The Morgan fingerprint density at radius 3 is 1.12 bits per heavy atom. The van der Waals surface area contributed by atoms with Gasteiger partial charge in [-0.3, -0.25) is 14.1 Å². The van der Waals surface area contributed by atoms with Crippen LogP contribution in [0, 0.1) is 0 Å². The molecule has 6 atom stereocenters. The van der Waals surface area contributed by atoms with Gasteiger partial charge < -0.3 is 34.3 Å². The minimum Gasteiger partial charge on any atom is -0.462 e. The minimum absolute atomic E-state index is 0.173. The molecule has 12 nitrogen and oxygen atoms in total. The van der Waals surface area contributed by atoms with E-state index in [0.717, 1.165) is 38.5 Å². The summed E-state index contributed by atoms with van der Waals surface area (Å²) in [6, 6.07) is 0. The summed E-state index contributed by atoms with van der Waals surface area (Å²) in [4.78, 5) is 25.6. The molecule has 1 rings (SSSR count). The molecule has 0 saturated carbocycles. The van der Waals surface area contributed by atoms with E-state index in [0.29, 0.717) is 12.8 Å². The lowest BCUT2D eigenvalue weighted by atomic mass is 10.00. The molecule has 386 valence electrons. The van der Waals surface area contributed by atoms with Crippen molar-refractivity contribution in [3.63, 3.8) is 0 Å². The zero-order valence-corrected chi connectivity index (χ0v) is 42.4. The fourth-order valence-electron chi connectivity index (χ4n) is 8.74. The third kappa shape index (κ3) is 37.3. The predicted octanol–water partition coefficient (Wildman–Crippen LogP) is 12.4. The maximum absolute atomic E-state index is 12.9. The van der Waals surface area contributed by atoms with Crippen LogP contribution in [0.15, 0.2) is 0 Å². The Balaban J connectivity index is 2.33. The summed E-state index contributed by atoms with van der Waals surface area (Å²) in [6.45, 7) is 3.82. The SMILES string of the molecule is CCCCCCCCCCCCCCCCCCCCCC(=O)OC(COC(=O)CCCCCCCCCCCCCCCCCCCC)COC1OC(CS(=O)(=O)O)C(O)C(O)C1O. The second-order valence-corrected chi connectivity index (χ2v) is 20.8. The lowest BCUT2D eigenvalue weighted by Gasteiger charge is -2.40. The molecule has 13 heteroatoms. The van der Waals surface area contributed by atoms with Crippen molar-refractivity contribution in [1.82, 2.24) is 0 Å². The van der Waals surface area contributed by atoms with Crippen LogP contribution in [0.5, 0.6) is 0 Å². The van der Waals surface area contributed by atoms with E-state index in [1.54, 1.807) is 0 Å². The zero-order chi connectivity index (χ0) is 47.6. The van der Waals surface area contributed by atoms with E-state index in [2.05, 4.69) is 13.8 Å². The number of esters is 2. The molecule has 65 heavy (non-hydrogen) atoms. The number of aliphatic hydroxyl groups is 3. The first-order valence-electron chi connectivity index (χ1n) is 27.1. The van der Waals surface area contributed by atoms with Gasteiger partial charge in [-0.2, -0.15) is 8.42 Å². The van der Waals surface area contributed by atoms with E-state index >= 15 is 0 Å². The third-order valence-electron chi connectivity index (χ3n) is 12.9. The second kappa shape index (κ2) is 42.7. The number of aliphatic hydroxyl groups excluding tert-OH is 3. The minimum atomic E-state index is -4.60. The molecule has 1 aliphatic heterocycles. The molecule has 4 N–H and O–H groups in total. The summed E-state index contributed by atoms with van der Waals surface area (Å²) >= 11 is 0. The maximum atomic E-state index is 12.9. The Morgan fingerprint density at radius 1 is 0.462 bits per heavy atom. The standard InChI is InChI=1S/C52H100O12S/c1-3-5-7-9-11-13-15-17-19-21-23-25-27-29-31-33-35-37-39-41-48(54)63-45(43-62-52-51(57)50(56)49(55)46(64-52)44-65(58,59)60)42-61-47(53)40-38-36-34-32-30-28-26-24-22-20-18-16-14-12-10-8-6-4-2/h45-46,49-52,55-57H,3-44H2,1-2H3,(H,58,59,60). The van der Waals surface area contributed by atoms with Crippen molar-refractivity contribution in [2.45, 2.75) is 301 Å². The van der Waals surface area contributed by atoms with Gasteiger partial charge in [-0.1, -0.05) is 239 Å². The highest BCUT2D eigenvalue weighted by Crippen LogP contribution is 2.24. The Hall–Kier alpha value is -1.35. The van der Waals surface area contributed by atoms with Crippen molar-refractivity contribution in [2.24, 2.45) is 0 Å². The van der Waals surface area contributed by atoms with E-state index in [4.69, 9.17) is 18.9 Å².